The molecule has 1 aromatic carbocycles. The molecule has 2 aromatic rings. The standard InChI is InChI=1S/C17H25N5O/c1-3-18-17(21-11-10-19-13(2)23)20-9-8-14-12-22-16-7-5-4-6-15(14)16/h4-7,12,22H,3,8-11H2,1-2H3,(H,19,23)(H2,18,20,21). The lowest BCUT2D eigenvalue weighted by Gasteiger charge is -2.11. The molecule has 0 fully saturated rings. The number of nitrogens with zero attached hydrogens (tertiary/aromatic N) is 1. The van der Waals surface area contributed by atoms with Crippen molar-refractivity contribution in [3.63, 3.8) is 0 Å². The van der Waals surface area contributed by atoms with E-state index < -0.39 is 0 Å². The fourth-order valence-electron chi connectivity index (χ4n) is 2.39. The molecule has 0 saturated carbocycles. The van der Waals surface area contributed by atoms with Crippen molar-refractivity contribution in [3.05, 3.63) is 36.0 Å². The second kappa shape index (κ2) is 8.82. The lowest BCUT2D eigenvalue weighted by molar-refractivity contribution is -0.118. The van der Waals surface area contributed by atoms with Gasteiger partial charge in [0.25, 0.3) is 0 Å². The van der Waals surface area contributed by atoms with E-state index in [1.165, 1.54) is 17.9 Å². The first-order valence-electron chi connectivity index (χ1n) is 8.02. The molecule has 23 heavy (non-hydrogen) atoms. The number of para-hydroxylation sites is 1. The van der Waals surface area contributed by atoms with Crippen molar-refractivity contribution >= 4 is 22.8 Å². The molecule has 0 radical (unpaired) electrons. The summed E-state index contributed by atoms with van der Waals surface area (Å²) in [6, 6.07) is 8.29. The van der Waals surface area contributed by atoms with Gasteiger partial charge in [-0.15, -0.1) is 0 Å². The zero-order valence-corrected chi connectivity index (χ0v) is 13.8. The van der Waals surface area contributed by atoms with E-state index in [-0.39, 0.29) is 5.91 Å². The molecular formula is C17H25N5O. The minimum absolute atomic E-state index is 0.0203. The quantitative estimate of drug-likeness (QED) is 0.354. The van der Waals surface area contributed by atoms with E-state index in [1.54, 1.807) is 0 Å². The fraction of sp³-hybridized carbons (Fsp3) is 0.412. The molecule has 4 N–H and O–H groups in total. The topological polar surface area (TPSA) is 81.3 Å². The van der Waals surface area contributed by atoms with E-state index in [0.717, 1.165) is 24.4 Å². The van der Waals surface area contributed by atoms with Gasteiger partial charge in [-0.05, 0) is 25.0 Å². The summed E-state index contributed by atoms with van der Waals surface area (Å²) in [5.74, 6) is 0.755. The highest BCUT2D eigenvalue weighted by molar-refractivity contribution is 5.83. The molecule has 124 valence electrons. The number of aromatic nitrogens is 1. The van der Waals surface area contributed by atoms with Gasteiger partial charge >= 0.3 is 0 Å². The van der Waals surface area contributed by atoms with Gasteiger partial charge in [0.1, 0.15) is 0 Å². The Morgan fingerprint density at radius 1 is 1.17 bits per heavy atom. The number of H-pyrrole nitrogens is 1. The van der Waals surface area contributed by atoms with Crippen LogP contribution in [0.5, 0.6) is 0 Å². The highest BCUT2D eigenvalue weighted by atomic mass is 16.1. The Hall–Kier alpha value is -2.50. The Morgan fingerprint density at radius 2 is 1.96 bits per heavy atom. The van der Waals surface area contributed by atoms with Gasteiger partial charge in [-0.2, -0.15) is 0 Å². The smallest absolute Gasteiger partial charge is 0.216 e. The maximum atomic E-state index is 10.8. The number of benzene rings is 1. The summed E-state index contributed by atoms with van der Waals surface area (Å²) in [4.78, 5) is 18.7. The first-order valence-corrected chi connectivity index (χ1v) is 8.02. The number of rotatable bonds is 7. The first-order chi connectivity index (χ1) is 11.2. The van der Waals surface area contributed by atoms with Crippen molar-refractivity contribution in [1.29, 1.82) is 0 Å². The second-order valence-electron chi connectivity index (χ2n) is 5.28. The van der Waals surface area contributed by atoms with Gasteiger partial charge in [-0.25, -0.2) is 0 Å². The molecule has 0 aliphatic heterocycles. The number of hydrogen-bond acceptors (Lipinski definition) is 2. The molecule has 1 heterocycles. The van der Waals surface area contributed by atoms with Crippen LogP contribution < -0.4 is 16.0 Å². The van der Waals surface area contributed by atoms with Gasteiger partial charge in [0.05, 0.1) is 0 Å². The maximum Gasteiger partial charge on any atom is 0.216 e. The Labute approximate surface area is 136 Å². The molecule has 6 nitrogen and oxygen atoms in total. The number of fused-ring (bicyclic) bond motifs is 1. The molecule has 0 atom stereocenters. The number of carbonyl (C=O) groups is 1. The van der Waals surface area contributed by atoms with E-state index in [4.69, 9.17) is 0 Å². The van der Waals surface area contributed by atoms with Gasteiger partial charge in [0, 0.05) is 50.2 Å². The van der Waals surface area contributed by atoms with E-state index in [2.05, 4.69) is 50.3 Å². The Kier molecular flexibility index (Phi) is 6.47. The van der Waals surface area contributed by atoms with Crippen LogP contribution in [0.3, 0.4) is 0 Å². The predicted molar refractivity (Wildman–Crippen MR) is 94.7 cm³/mol. The molecule has 6 heteroatoms. The van der Waals surface area contributed by atoms with Gasteiger partial charge in [0.2, 0.25) is 5.91 Å². The summed E-state index contributed by atoms with van der Waals surface area (Å²) in [5.41, 5.74) is 2.44. The molecule has 1 aromatic heterocycles. The van der Waals surface area contributed by atoms with E-state index in [0.29, 0.717) is 19.6 Å². The zero-order valence-electron chi connectivity index (χ0n) is 13.8. The third kappa shape index (κ3) is 5.32. The number of hydrogen-bond donors (Lipinski definition) is 4. The molecule has 0 spiro atoms. The number of carbonyl (C=O) groups excluding carboxylic acids is 1. The average molecular weight is 315 g/mol. The van der Waals surface area contributed by atoms with Gasteiger partial charge in [-0.1, -0.05) is 18.2 Å². The van der Waals surface area contributed by atoms with Crippen molar-refractivity contribution in [2.75, 3.05) is 26.2 Å². The van der Waals surface area contributed by atoms with Crippen molar-refractivity contribution in [2.24, 2.45) is 4.99 Å². The first kappa shape index (κ1) is 16.9. The predicted octanol–water partition coefficient (Wildman–Crippen LogP) is 1.40. The van der Waals surface area contributed by atoms with Crippen LogP contribution in [0.4, 0.5) is 0 Å². The van der Waals surface area contributed by atoms with Crippen LogP contribution in [-0.2, 0) is 11.2 Å². The second-order valence-corrected chi connectivity index (χ2v) is 5.28. The third-order valence-corrected chi connectivity index (χ3v) is 3.46. The van der Waals surface area contributed by atoms with Crippen LogP contribution in [0.2, 0.25) is 0 Å². The summed E-state index contributed by atoms with van der Waals surface area (Å²) in [6.07, 6.45) is 2.93. The zero-order chi connectivity index (χ0) is 16.5. The lowest BCUT2D eigenvalue weighted by Crippen LogP contribution is -2.41. The molecule has 0 unspecified atom stereocenters. The molecule has 0 aliphatic carbocycles. The van der Waals surface area contributed by atoms with Crippen LogP contribution in [0.15, 0.2) is 35.5 Å². The van der Waals surface area contributed by atoms with Crippen molar-refractivity contribution < 1.29 is 4.79 Å². The number of aromatic amines is 1. The van der Waals surface area contributed by atoms with Gasteiger partial charge in [0.15, 0.2) is 5.96 Å². The Morgan fingerprint density at radius 3 is 2.74 bits per heavy atom. The van der Waals surface area contributed by atoms with Gasteiger partial charge < -0.3 is 20.9 Å². The van der Waals surface area contributed by atoms with E-state index in [9.17, 15) is 4.79 Å². The van der Waals surface area contributed by atoms with Crippen LogP contribution in [0.1, 0.15) is 19.4 Å². The third-order valence-electron chi connectivity index (χ3n) is 3.46. The Balaban J connectivity index is 1.86. The maximum absolute atomic E-state index is 10.8. The minimum Gasteiger partial charge on any atom is -0.361 e. The van der Waals surface area contributed by atoms with E-state index >= 15 is 0 Å². The number of aliphatic imine (C=N–C) groups is 1. The molecule has 0 aliphatic rings. The van der Waals surface area contributed by atoms with E-state index in [1.807, 2.05) is 13.0 Å². The molecule has 1 amide bonds. The highest BCUT2D eigenvalue weighted by Crippen LogP contribution is 2.17. The SMILES string of the molecule is CCNC(=NCCc1c[nH]c2ccccc12)NCCNC(C)=O. The van der Waals surface area contributed by atoms with Crippen LogP contribution in [0, 0.1) is 0 Å². The summed E-state index contributed by atoms with van der Waals surface area (Å²) < 4.78 is 0. The summed E-state index contributed by atoms with van der Waals surface area (Å²) in [7, 11) is 0. The Bertz CT molecular complexity index is 662. The minimum atomic E-state index is -0.0203. The van der Waals surface area contributed by atoms with Crippen LogP contribution in [-0.4, -0.2) is 43.0 Å². The number of amides is 1. The van der Waals surface area contributed by atoms with Crippen LogP contribution >= 0.6 is 0 Å². The molecule has 0 bridgehead atoms. The molecule has 0 saturated heterocycles. The van der Waals surface area contributed by atoms with Gasteiger partial charge in [-0.3, -0.25) is 9.79 Å². The molecule has 2 rings (SSSR count). The van der Waals surface area contributed by atoms with Crippen molar-refractivity contribution in [1.82, 2.24) is 20.9 Å². The van der Waals surface area contributed by atoms with Crippen molar-refractivity contribution in [3.8, 4) is 0 Å². The summed E-state index contributed by atoms with van der Waals surface area (Å²) >= 11 is 0. The molecular weight excluding hydrogens is 290 g/mol. The summed E-state index contributed by atoms with van der Waals surface area (Å²) in [6.45, 7) is 6.29. The number of nitrogens with one attached hydrogen (secondary N) is 4. The largest absolute Gasteiger partial charge is 0.361 e. The average Bonchev–Trinajstić information content (AvgIpc) is 2.95. The summed E-state index contributed by atoms with van der Waals surface area (Å²) in [5, 5.41) is 10.4. The lowest BCUT2D eigenvalue weighted by atomic mass is 10.1. The normalized spacial score (nSPS) is 11.5. The van der Waals surface area contributed by atoms with Crippen molar-refractivity contribution in [2.45, 2.75) is 20.3 Å². The number of guanidine groups is 1. The fourth-order valence-corrected chi connectivity index (χ4v) is 2.39. The monoisotopic (exact) mass is 315 g/mol. The highest BCUT2D eigenvalue weighted by Gasteiger charge is 2.02. The van der Waals surface area contributed by atoms with Crippen LogP contribution in [0.25, 0.3) is 10.9 Å².